The van der Waals surface area contributed by atoms with E-state index in [0.717, 1.165) is 16.7 Å². The number of nitrogens with two attached hydrogens (primary N) is 1. The van der Waals surface area contributed by atoms with Gasteiger partial charge >= 0.3 is 6.03 Å². The highest BCUT2D eigenvalue weighted by atomic mass is 16.5. The molecule has 0 spiro atoms. The fourth-order valence-electron chi connectivity index (χ4n) is 4.41. The van der Waals surface area contributed by atoms with Crippen molar-refractivity contribution in [1.82, 2.24) is 32.1 Å². The third-order valence-electron chi connectivity index (χ3n) is 6.55. The number of aliphatic hydroxyl groups excluding tert-OH is 1. The lowest BCUT2D eigenvalue weighted by Crippen LogP contribution is -2.60. The molecule has 1 aromatic rings. The zero-order valence-electron chi connectivity index (χ0n) is 23.6. The van der Waals surface area contributed by atoms with Crippen molar-refractivity contribution in [3.63, 3.8) is 0 Å². The van der Waals surface area contributed by atoms with E-state index in [9.17, 15) is 33.9 Å². The Morgan fingerprint density at radius 2 is 1.65 bits per heavy atom. The van der Waals surface area contributed by atoms with Crippen molar-refractivity contribution in [3.8, 4) is 0 Å². The number of hydrogen-bond donors (Lipinski definition) is 8. The second-order valence-corrected chi connectivity index (χ2v) is 9.91. The number of carbonyl (C=O) groups is 6. The Morgan fingerprint density at radius 1 is 0.953 bits per heavy atom. The number of nitrogens with one attached hydrogen (secondary N) is 6. The van der Waals surface area contributed by atoms with Gasteiger partial charge in [-0.1, -0.05) is 30.3 Å². The molecule has 16 heteroatoms. The van der Waals surface area contributed by atoms with E-state index in [4.69, 9.17) is 15.2 Å². The lowest BCUT2D eigenvalue weighted by Gasteiger charge is -2.24. The quantitative estimate of drug-likeness (QED) is 0.172. The zero-order chi connectivity index (χ0) is 31.4. The van der Waals surface area contributed by atoms with Crippen LogP contribution < -0.4 is 37.9 Å². The van der Waals surface area contributed by atoms with E-state index in [1.165, 1.54) is 6.92 Å². The molecule has 1 saturated heterocycles. The van der Waals surface area contributed by atoms with Crippen LogP contribution in [0.5, 0.6) is 0 Å². The second-order valence-electron chi connectivity index (χ2n) is 9.91. The molecule has 0 saturated carbocycles. The van der Waals surface area contributed by atoms with Crippen molar-refractivity contribution in [2.24, 2.45) is 5.73 Å². The highest BCUT2D eigenvalue weighted by Gasteiger charge is 2.30. The maximum absolute atomic E-state index is 13.2. The van der Waals surface area contributed by atoms with E-state index in [1.807, 2.05) is 30.3 Å². The van der Waals surface area contributed by atoms with Crippen molar-refractivity contribution in [2.75, 3.05) is 33.0 Å². The van der Waals surface area contributed by atoms with E-state index in [1.54, 1.807) is 0 Å². The van der Waals surface area contributed by atoms with E-state index in [-0.39, 0.29) is 39.4 Å². The minimum absolute atomic E-state index is 0.0347. The molecule has 16 nitrogen and oxygen atoms in total. The molecule has 1 aromatic carbocycles. The molecule has 9 N–H and O–H groups in total. The predicted molar refractivity (Wildman–Crippen MR) is 150 cm³/mol. The number of amides is 7. The van der Waals surface area contributed by atoms with Crippen LogP contribution in [0.2, 0.25) is 0 Å². The van der Waals surface area contributed by atoms with Gasteiger partial charge in [-0.15, -0.1) is 0 Å². The number of allylic oxidation sites excluding steroid dienone is 1. The number of primary amides is 1. The van der Waals surface area contributed by atoms with Gasteiger partial charge in [-0.25, -0.2) is 4.79 Å². The predicted octanol–water partition coefficient (Wildman–Crippen LogP) is -2.90. The van der Waals surface area contributed by atoms with Gasteiger partial charge in [-0.05, 0) is 30.0 Å². The Balaban J connectivity index is 1.77. The van der Waals surface area contributed by atoms with Crippen LogP contribution in [0, 0.1) is 0 Å². The average molecular weight is 604 g/mol. The van der Waals surface area contributed by atoms with Gasteiger partial charge < -0.3 is 41.6 Å². The summed E-state index contributed by atoms with van der Waals surface area (Å²) in [6.45, 7) is 1.15. The van der Waals surface area contributed by atoms with E-state index < -0.39 is 66.2 Å². The van der Waals surface area contributed by atoms with Crippen LogP contribution in [0.4, 0.5) is 4.79 Å². The lowest BCUT2D eigenvalue weighted by molar-refractivity contribution is -0.134. The number of ether oxygens (including phenoxy) is 2. The van der Waals surface area contributed by atoms with Crippen LogP contribution in [0.1, 0.15) is 30.9 Å². The van der Waals surface area contributed by atoms with Crippen LogP contribution in [0.3, 0.4) is 0 Å². The van der Waals surface area contributed by atoms with Gasteiger partial charge in [0.1, 0.15) is 24.7 Å². The number of hydrogen-bond acceptors (Lipinski definition) is 9. The molecule has 234 valence electrons. The van der Waals surface area contributed by atoms with Crippen molar-refractivity contribution < 1.29 is 43.3 Å². The minimum Gasteiger partial charge on any atom is -0.391 e. The van der Waals surface area contributed by atoms with Gasteiger partial charge in [0.25, 0.3) is 11.8 Å². The second kappa shape index (κ2) is 16.2. The lowest BCUT2D eigenvalue weighted by atomic mass is 9.99. The largest absolute Gasteiger partial charge is 0.391 e. The third-order valence-corrected chi connectivity index (χ3v) is 6.55. The number of fused-ring (bicyclic) bond motifs is 1. The molecule has 1 aliphatic carbocycles. The Labute approximate surface area is 247 Å². The monoisotopic (exact) mass is 603 g/mol. The maximum Gasteiger partial charge on any atom is 0.316 e. The Kier molecular flexibility index (Phi) is 12.4. The van der Waals surface area contributed by atoms with E-state index in [0.29, 0.717) is 6.42 Å². The maximum atomic E-state index is 13.2. The van der Waals surface area contributed by atoms with E-state index >= 15 is 0 Å². The average Bonchev–Trinajstić information content (AvgIpc) is 3.36. The molecule has 0 bridgehead atoms. The summed E-state index contributed by atoms with van der Waals surface area (Å²) in [4.78, 5) is 75.4. The van der Waals surface area contributed by atoms with E-state index in [2.05, 4.69) is 32.1 Å². The number of carbonyl (C=O) groups excluding carboxylic acids is 6. The van der Waals surface area contributed by atoms with Crippen molar-refractivity contribution >= 4 is 41.1 Å². The van der Waals surface area contributed by atoms with Gasteiger partial charge in [0.15, 0.2) is 0 Å². The first kappa shape index (κ1) is 33.0. The summed E-state index contributed by atoms with van der Waals surface area (Å²) in [5, 5.41) is 19.6. The molecule has 1 heterocycles. The molecular formula is C27H37N7O9. The molecule has 0 radical (unpaired) electrons. The number of hydrazine groups is 1. The molecule has 1 aliphatic heterocycles. The smallest absolute Gasteiger partial charge is 0.316 e. The highest BCUT2D eigenvalue weighted by molar-refractivity contribution is 5.95. The van der Waals surface area contributed by atoms with Gasteiger partial charge in [-0.3, -0.25) is 34.8 Å². The fraction of sp³-hybridized carbons (Fsp3) is 0.481. The molecule has 4 atom stereocenters. The molecule has 7 amide bonds. The van der Waals surface area contributed by atoms with Gasteiger partial charge in [0, 0.05) is 13.0 Å². The Hall–Kier alpha value is -4.54. The number of rotatable bonds is 5. The van der Waals surface area contributed by atoms with Crippen LogP contribution >= 0.6 is 0 Å². The summed E-state index contributed by atoms with van der Waals surface area (Å²) in [6, 6.07) is 2.45. The summed E-state index contributed by atoms with van der Waals surface area (Å²) in [5.41, 5.74) is 12.4. The summed E-state index contributed by atoms with van der Waals surface area (Å²) in [6.07, 6.45) is 0.725. The first-order valence-corrected chi connectivity index (χ1v) is 13.7. The summed E-state index contributed by atoms with van der Waals surface area (Å²) >= 11 is 0. The molecular weight excluding hydrogens is 566 g/mol. The van der Waals surface area contributed by atoms with Crippen LogP contribution in [0.25, 0.3) is 5.57 Å². The molecule has 43 heavy (non-hydrogen) atoms. The minimum atomic E-state index is -1.57. The van der Waals surface area contributed by atoms with Crippen LogP contribution in [-0.2, 0) is 39.9 Å². The Morgan fingerprint density at radius 3 is 2.37 bits per heavy atom. The Bertz CT molecular complexity index is 1240. The first-order valence-electron chi connectivity index (χ1n) is 13.7. The summed E-state index contributed by atoms with van der Waals surface area (Å²) < 4.78 is 10.7. The SMILES string of the molecule is CC(O)[C@@H]1NC(=O)N[C@@H](CC(N)=O)C(=O)NNC(=O)[C@H](CC2=CCc3ccccc32)NC(=O)COCCOCCNC1=O. The normalized spacial score (nSPS) is 23.9. The summed E-state index contributed by atoms with van der Waals surface area (Å²) in [5.74, 6) is -4.07. The molecule has 2 aliphatic rings. The first-order chi connectivity index (χ1) is 20.5. The van der Waals surface area contributed by atoms with Crippen LogP contribution in [0.15, 0.2) is 30.3 Å². The van der Waals surface area contributed by atoms with Gasteiger partial charge in [0.2, 0.25) is 17.7 Å². The van der Waals surface area contributed by atoms with Crippen molar-refractivity contribution in [3.05, 3.63) is 41.5 Å². The molecule has 3 rings (SSSR count). The third kappa shape index (κ3) is 10.4. The standard InChI is InChI=1S/C27H37N7O9/c1-15(35)23-26(40)29-8-9-42-10-11-43-14-22(37)30-19(12-17-7-6-16-4-2-3-5-18(16)17)24(38)33-34-25(39)20(13-21(28)36)31-27(41)32-23/h2-5,7,15,19-20,23,35H,6,8-14H2,1H3,(H2,28,36)(H,29,40)(H,30,37)(H,33,38)(H,34,39)(H2,31,32,41)/t15?,19-,20-,23-/m0/s1. The number of aliphatic hydroxyl groups is 1. The fourth-order valence-corrected chi connectivity index (χ4v) is 4.41. The van der Waals surface area contributed by atoms with Crippen molar-refractivity contribution in [2.45, 2.75) is 50.4 Å². The molecule has 0 aromatic heterocycles. The topological polar surface area (TPSA) is 239 Å². The molecule has 1 fully saturated rings. The van der Waals surface area contributed by atoms with Gasteiger partial charge in [-0.2, -0.15) is 0 Å². The molecule has 1 unspecified atom stereocenters. The number of benzene rings is 1. The summed E-state index contributed by atoms with van der Waals surface area (Å²) in [7, 11) is 0. The van der Waals surface area contributed by atoms with Crippen LogP contribution in [-0.4, -0.2) is 97.9 Å². The number of urea groups is 1. The highest BCUT2D eigenvalue weighted by Crippen LogP contribution is 2.30. The zero-order valence-corrected chi connectivity index (χ0v) is 23.6. The van der Waals surface area contributed by atoms with Gasteiger partial charge in [0.05, 0.1) is 32.3 Å². The van der Waals surface area contributed by atoms with Crippen molar-refractivity contribution in [1.29, 1.82) is 0 Å².